The molecule has 3 nitrogen and oxygen atoms in total. The molecule has 0 unspecified atom stereocenters. The highest BCUT2D eigenvalue weighted by molar-refractivity contribution is 5.50. The lowest BCUT2D eigenvalue weighted by atomic mass is 10.0. The van der Waals surface area contributed by atoms with Crippen LogP contribution in [-0.4, -0.2) is 24.9 Å². The number of hydrogen-bond acceptors (Lipinski definition) is 3. The van der Waals surface area contributed by atoms with Crippen molar-refractivity contribution in [2.24, 2.45) is 0 Å². The van der Waals surface area contributed by atoms with Crippen LogP contribution in [0, 0.1) is 6.92 Å². The van der Waals surface area contributed by atoms with Gasteiger partial charge < -0.3 is 14.6 Å². The second-order valence-electron chi connectivity index (χ2n) is 4.56. The zero-order valence-corrected chi connectivity index (χ0v) is 10.0. The molecule has 0 aromatic heterocycles. The number of hydrogen-bond donors (Lipinski definition) is 1. The molecule has 1 N–H and O–H groups in total. The van der Waals surface area contributed by atoms with E-state index < -0.39 is 5.60 Å². The summed E-state index contributed by atoms with van der Waals surface area (Å²) in [7, 11) is 3.26. The maximum atomic E-state index is 9.96. The molecule has 0 spiro atoms. The minimum atomic E-state index is -0.508. The first kappa shape index (κ1) is 11.3. The molecule has 0 saturated heterocycles. The maximum Gasteiger partial charge on any atom is 0.164 e. The highest BCUT2D eigenvalue weighted by Crippen LogP contribution is 2.42. The van der Waals surface area contributed by atoms with Crippen molar-refractivity contribution in [3.63, 3.8) is 0 Å². The molecule has 1 aliphatic rings. The van der Waals surface area contributed by atoms with E-state index in [0.29, 0.717) is 6.42 Å². The van der Waals surface area contributed by atoms with E-state index in [1.165, 1.54) is 0 Å². The third-order valence-electron chi connectivity index (χ3n) is 3.05. The lowest BCUT2D eigenvalue weighted by Gasteiger charge is -2.16. The van der Waals surface area contributed by atoms with E-state index in [1.807, 2.05) is 13.0 Å². The largest absolute Gasteiger partial charge is 0.493 e. The minimum absolute atomic E-state index is 0.508. The molecule has 1 fully saturated rings. The van der Waals surface area contributed by atoms with Crippen molar-refractivity contribution in [3.8, 4) is 11.5 Å². The molecule has 2 rings (SSSR count). The summed E-state index contributed by atoms with van der Waals surface area (Å²) in [6.45, 7) is 2.02. The number of aliphatic hydroxyl groups is 1. The summed E-state index contributed by atoms with van der Waals surface area (Å²) in [6.07, 6.45) is 2.41. The van der Waals surface area contributed by atoms with Crippen LogP contribution in [0.5, 0.6) is 11.5 Å². The van der Waals surface area contributed by atoms with E-state index in [1.54, 1.807) is 14.2 Å². The Balaban J connectivity index is 2.37. The van der Waals surface area contributed by atoms with Gasteiger partial charge in [0.2, 0.25) is 0 Å². The van der Waals surface area contributed by atoms with Crippen LogP contribution < -0.4 is 9.47 Å². The molecular formula is C13H18O3. The van der Waals surface area contributed by atoms with Gasteiger partial charge in [0.1, 0.15) is 0 Å². The summed E-state index contributed by atoms with van der Waals surface area (Å²) in [5.41, 5.74) is 1.64. The fourth-order valence-electron chi connectivity index (χ4n) is 2.00. The average molecular weight is 222 g/mol. The normalized spacial score (nSPS) is 17.0. The molecule has 0 radical (unpaired) electrons. The molecule has 1 saturated carbocycles. The highest BCUT2D eigenvalue weighted by Gasteiger charge is 2.41. The number of rotatable bonds is 4. The molecule has 1 aromatic carbocycles. The molecule has 1 aromatic rings. The number of benzene rings is 1. The van der Waals surface area contributed by atoms with Crippen LogP contribution in [0.4, 0.5) is 0 Å². The van der Waals surface area contributed by atoms with E-state index in [4.69, 9.17) is 9.47 Å². The van der Waals surface area contributed by atoms with Gasteiger partial charge in [-0.1, -0.05) is 6.07 Å². The molecule has 0 bridgehead atoms. The SMILES string of the molecule is COc1cc(C)cc(CC2(O)CC2)c1OC. The van der Waals surface area contributed by atoms with Crippen LogP contribution in [0.25, 0.3) is 0 Å². The zero-order chi connectivity index (χ0) is 11.8. The van der Waals surface area contributed by atoms with E-state index in [2.05, 4.69) is 6.07 Å². The van der Waals surface area contributed by atoms with Crippen LogP contribution in [0.15, 0.2) is 12.1 Å². The smallest absolute Gasteiger partial charge is 0.164 e. The van der Waals surface area contributed by atoms with Crippen molar-refractivity contribution in [2.75, 3.05) is 14.2 Å². The van der Waals surface area contributed by atoms with Gasteiger partial charge in [0, 0.05) is 12.0 Å². The molecule has 16 heavy (non-hydrogen) atoms. The molecular weight excluding hydrogens is 204 g/mol. The summed E-state index contributed by atoms with van der Waals surface area (Å²) >= 11 is 0. The van der Waals surface area contributed by atoms with Gasteiger partial charge in [0.15, 0.2) is 11.5 Å². The Morgan fingerprint density at radius 3 is 2.44 bits per heavy atom. The van der Waals surface area contributed by atoms with Gasteiger partial charge in [-0.2, -0.15) is 0 Å². The molecule has 0 heterocycles. The first-order valence-corrected chi connectivity index (χ1v) is 5.52. The Morgan fingerprint density at radius 2 is 1.94 bits per heavy atom. The van der Waals surface area contributed by atoms with Gasteiger partial charge in [-0.25, -0.2) is 0 Å². The Labute approximate surface area is 96.0 Å². The predicted molar refractivity (Wildman–Crippen MR) is 62.2 cm³/mol. The van der Waals surface area contributed by atoms with Crippen molar-refractivity contribution in [3.05, 3.63) is 23.3 Å². The first-order chi connectivity index (χ1) is 7.58. The van der Waals surface area contributed by atoms with Gasteiger partial charge >= 0.3 is 0 Å². The lowest BCUT2D eigenvalue weighted by Crippen LogP contribution is -2.12. The lowest BCUT2D eigenvalue weighted by molar-refractivity contribution is 0.149. The van der Waals surface area contributed by atoms with Crippen LogP contribution in [0.3, 0.4) is 0 Å². The number of ether oxygens (including phenoxy) is 2. The second-order valence-corrected chi connectivity index (χ2v) is 4.56. The Bertz CT molecular complexity index is 394. The highest BCUT2D eigenvalue weighted by atomic mass is 16.5. The summed E-state index contributed by atoms with van der Waals surface area (Å²) in [6, 6.07) is 4.00. The zero-order valence-electron chi connectivity index (χ0n) is 10.0. The second kappa shape index (κ2) is 3.98. The molecule has 1 aliphatic carbocycles. The molecule has 88 valence electrons. The Kier molecular flexibility index (Phi) is 2.80. The molecule has 0 atom stereocenters. The topological polar surface area (TPSA) is 38.7 Å². The summed E-state index contributed by atoms with van der Waals surface area (Å²) < 4.78 is 10.6. The van der Waals surface area contributed by atoms with Crippen molar-refractivity contribution in [2.45, 2.75) is 31.8 Å². The molecule has 3 heteroatoms. The first-order valence-electron chi connectivity index (χ1n) is 5.52. The summed E-state index contributed by atoms with van der Waals surface area (Å²) in [5, 5.41) is 9.96. The molecule has 0 amide bonds. The van der Waals surface area contributed by atoms with Gasteiger partial charge in [-0.15, -0.1) is 0 Å². The van der Waals surface area contributed by atoms with Gasteiger partial charge in [-0.05, 0) is 31.4 Å². The van der Waals surface area contributed by atoms with Gasteiger partial charge in [0.05, 0.1) is 19.8 Å². The Morgan fingerprint density at radius 1 is 1.25 bits per heavy atom. The monoisotopic (exact) mass is 222 g/mol. The fraction of sp³-hybridized carbons (Fsp3) is 0.538. The van der Waals surface area contributed by atoms with E-state index in [-0.39, 0.29) is 0 Å². The van der Waals surface area contributed by atoms with Gasteiger partial charge in [0.25, 0.3) is 0 Å². The van der Waals surface area contributed by atoms with Crippen LogP contribution in [-0.2, 0) is 6.42 Å². The van der Waals surface area contributed by atoms with E-state index in [0.717, 1.165) is 35.5 Å². The standard InChI is InChI=1S/C13H18O3/c1-9-6-10(8-13(14)4-5-13)12(16-3)11(7-9)15-2/h6-7,14H,4-5,8H2,1-3H3. The van der Waals surface area contributed by atoms with Crippen LogP contribution in [0.1, 0.15) is 24.0 Å². The number of aryl methyl sites for hydroxylation is 1. The van der Waals surface area contributed by atoms with Gasteiger partial charge in [-0.3, -0.25) is 0 Å². The fourth-order valence-corrected chi connectivity index (χ4v) is 2.00. The minimum Gasteiger partial charge on any atom is -0.493 e. The van der Waals surface area contributed by atoms with Crippen molar-refractivity contribution < 1.29 is 14.6 Å². The number of methoxy groups -OCH3 is 2. The Hall–Kier alpha value is -1.22. The quantitative estimate of drug-likeness (QED) is 0.847. The average Bonchev–Trinajstić information content (AvgIpc) is 2.95. The van der Waals surface area contributed by atoms with Crippen molar-refractivity contribution >= 4 is 0 Å². The third kappa shape index (κ3) is 2.14. The summed E-state index contributed by atoms with van der Waals surface area (Å²) in [4.78, 5) is 0. The third-order valence-corrected chi connectivity index (χ3v) is 3.05. The van der Waals surface area contributed by atoms with Crippen LogP contribution >= 0.6 is 0 Å². The molecule has 0 aliphatic heterocycles. The van der Waals surface area contributed by atoms with E-state index >= 15 is 0 Å². The van der Waals surface area contributed by atoms with Crippen molar-refractivity contribution in [1.29, 1.82) is 0 Å². The maximum absolute atomic E-state index is 9.96. The predicted octanol–water partition coefficient (Wildman–Crippen LogP) is 2.08. The van der Waals surface area contributed by atoms with E-state index in [9.17, 15) is 5.11 Å². The van der Waals surface area contributed by atoms with Crippen LogP contribution in [0.2, 0.25) is 0 Å². The van der Waals surface area contributed by atoms with Crippen molar-refractivity contribution in [1.82, 2.24) is 0 Å². The summed E-state index contributed by atoms with van der Waals surface area (Å²) in [5.74, 6) is 1.48.